The number of hydrogen-bond acceptors (Lipinski definition) is 6. The number of aromatic nitrogens is 2. The fraction of sp³-hybridized carbons (Fsp3) is 0.450. The second kappa shape index (κ2) is 7.25. The van der Waals surface area contributed by atoms with Crippen LogP contribution >= 0.6 is 0 Å². The van der Waals surface area contributed by atoms with Crippen molar-refractivity contribution in [1.82, 2.24) is 9.97 Å². The number of benzene rings is 1. The molecule has 7 heteroatoms. The van der Waals surface area contributed by atoms with Gasteiger partial charge in [-0.15, -0.1) is 0 Å². The zero-order valence-electron chi connectivity index (χ0n) is 15.7. The number of piperidine rings is 1. The number of nitrogens with zero attached hydrogens (tertiary/aromatic N) is 3. The van der Waals surface area contributed by atoms with Gasteiger partial charge in [-0.3, -0.25) is 4.79 Å². The van der Waals surface area contributed by atoms with Gasteiger partial charge in [-0.1, -0.05) is 6.07 Å². The largest absolute Gasteiger partial charge is 0.347 e. The lowest BCUT2D eigenvalue weighted by Gasteiger charge is -2.37. The number of nitrogens with one attached hydrogen (secondary N) is 1. The molecule has 2 aliphatic heterocycles. The Balaban J connectivity index is 1.45. The summed E-state index contributed by atoms with van der Waals surface area (Å²) in [6.45, 7) is 6.80. The fourth-order valence-corrected chi connectivity index (χ4v) is 3.70. The summed E-state index contributed by atoms with van der Waals surface area (Å²) in [5.41, 5.74) is 3.33. The second-order valence-electron chi connectivity index (χ2n) is 7.17. The van der Waals surface area contributed by atoms with Crippen molar-refractivity contribution in [3.05, 3.63) is 47.3 Å². The van der Waals surface area contributed by atoms with Crippen LogP contribution in [0.1, 0.15) is 34.5 Å². The molecule has 1 amide bonds. The van der Waals surface area contributed by atoms with E-state index in [-0.39, 0.29) is 5.91 Å². The number of aryl methyl sites for hydroxylation is 2. The number of amides is 1. The average Bonchev–Trinajstić information content (AvgIpc) is 3.09. The Kier molecular flexibility index (Phi) is 4.80. The molecule has 4 rings (SSSR count). The molecule has 1 spiro atoms. The maximum Gasteiger partial charge on any atom is 0.274 e. The van der Waals surface area contributed by atoms with Crippen LogP contribution in [0.15, 0.2) is 30.5 Å². The van der Waals surface area contributed by atoms with Crippen LogP contribution < -0.4 is 10.2 Å². The number of carbonyl (C=O) groups is 1. The van der Waals surface area contributed by atoms with E-state index in [1.807, 2.05) is 26.0 Å². The first-order valence-corrected chi connectivity index (χ1v) is 9.29. The van der Waals surface area contributed by atoms with Gasteiger partial charge in [0.2, 0.25) is 5.95 Å². The van der Waals surface area contributed by atoms with Gasteiger partial charge in [-0.25, -0.2) is 9.97 Å². The highest BCUT2D eigenvalue weighted by Crippen LogP contribution is 2.32. The smallest absolute Gasteiger partial charge is 0.274 e. The van der Waals surface area contributed by atoms with E-state index in [1.165, 1.54) is 0 Å². The molecule has 2 aromatic rings. The summed E-state index contributed by atoms with van der Waals surface area (Å²) in [6.07, 6.45) is 3.18. The normalized spacial score (nSPS) is 18.7. The van der Waals surface area contributed by atoms with Crippen LogP contribution in [0, 0.1) is 13.8 Å². The predicted molar refractivity (Wildman–Crippen MR) is 102 cm³/mol. The molecule has 2 fully saturated rings. The van der Waals surface area contributed by atoms with Crippen LogP contribution in [0.2, 0.25) is 0 Å². The minimum Gasteiger partial charge on any atom is -0.347 e. The highest BCUT2D eigenvalue weighted by Gasteiger charge is 2.40. The Hall–Kier alpha value is -2.51. The van der Waals surface area contributed by atoms with Crippen LogP contribution in [0.25, 0.3) is 0 Å². The molecular formula is C20H24N4O3. The van der Waals surface area contributed by atoms with Gasteiger partial charge >= 0.3 is 0 Å². The van der Waals surface area contributed by atoms with Gasteiger partial charge in [0.1, 0.15) is 5.69 Å². The maximum absolute atomic E-state index is 12.6. The summed E-state index contributed by atoms with van der Waals surface area (Å²) in [6, 6.07) is 7.59. The summed E-state index contributed by atoms with van der Waals surface area (Å²) in [5.74, 6) is -0.107. The monoisotopic (exact) mass is 368 g/mol. The summed E-state index contributed by atoms with van der Waals surface area (Å²) in [4.78, 5) is 23.5. The average molecular weight is 368 g/mol. The molecule has 7 nitrogen and oxygen atoms in total. The van der Waals surface area contributed by atoms with Crippen LogP contribution in [-0.2, 0) is 9.47 Å². The van der Waals surface area contributed by atoms with Crippen LogP contribution in [0.5, 0.6) is 0 Å². The number of carbonyl (C=O) groups excluding carboxylic acids is 1. The van der Waals surface area contributed by atoms with Crippen LogP contribution in [0.3, 0.4) is 0 Å². The van der Waals surface area contributed by atoms with Gasteiger partial charge in [0.05, 0.1) is 13.2 Å². The third-order valence-electron chi connectivity index (χ3n) is 4.98. The van der Waals surface area contributed by atoms with E-state index in [0.29, 0.717) is 24.9 Å². The molecule has 27 heavy (non-hydrogen) atoms. The molecule has 0 atom stereocenters. The molecule has 0 aliphatic carbocycles. The standard InChI is InChI=1S/C20H24N4O3/c1-14-11-15(2)13-16(12-14)22-18(25)17-3-6-21-19(23-17)24-7-4-20(5-8-24)26-9-10-27-20/h3,6,11-13H,4-5,7-10H2,1-2H3,(H,22,25). The number of anilines is 2. The predicted octanol–water partition coefficient (Wildman–Crippen LogP) is 2.69. The van der Waals surface area contributed by atoms with Crippen molar-refractivity contribution in [2.24, 2.45) is 0 Å². The first-order valence-electron chi connectivity index (χ1n) is 9.29. The van der Waals surface area contributed by atoms with Crippen molar-refractivity contribution in [3.63, 3.8) is 0 Å². The number of hydrogen-bond donors (Lipinski definition) is 1. The lowest BCUT2D eigenvalue weighted by molar-refractivity contribution is -0.169. The second-order valence-corrected chi connectivity index (χ2v) is 7.17. The van der Waals surface area contributed by atoms with Crippen molar-refractivity contribution in [1.29, 1.82) is 0 Å². The van der Waals surface area contributed by atoms with Gasteiger partial charge in [0.25, 0.3) is 5.91 Å². The molecule has 3 heterocycles. The molecule has 1 N–H and O–H groups in total. The molecule has 0 unspecified atom stereocenters. The van der Waals surface area contributed by atoms with E-state index in [4.69, 9.17) is 9.47 Å². The highest BCUT2D eigenvalue weighted by atomic mass is 16.7. The van der Waals surface area contributed by atoms with Crippen molar-refractivity contribution >= 4 is 17.5 Å². The molecule has 1 aromatic heterocycles. The topological polar surface area (TPSA) is 76.6 Å². The molecule has 142 valence electrons. The van der Waals surface area contributed by atoms with E-state index in [1.54, 1.807) is 12.3 Å². The maximum atomic E-state index is 12.6. The summed E-state index contributed by atoms with van der Waals surface area (Å²) in [5, 5.41) is 2.92. The Labute approximate surface area is 158 Å². The van der Waals surface area contributed by atoms with Crippen molar-refractivity contribution in [3.8, 4) is 0 Å². The van der Waals surface area contributed by atoms with Gasteiger partial charge in [0, 0.05) is 37.8 Å². The first kappa shape index (κ1) is 17.9. The number of rotatable bonds is 3. The molecule has 1 aromatic carbocycles. The Morgan fingerprint density at radius 1 is 1.11 bits per heavy atom. The highest BCUT2D eigenvalue weighted by molar-refractivity contribution is 6.03. The van der Waals surface area contributed by atoms with E-state index in [2.05, 4.69) is 26.3 Å². The van der Waals surface area contributed by atoms with Gasteiger partial charge < -0.3 is 19.7 Å². The molecule has 2 saturated heterocycles. The molecule has 0 bridgehead atoms. The quantitative estimate of drug-likeness (QED) is 0.898. The van der Waals surface area contributed by atoms with E-state index < -0.39 is 5.79 Å². The molecule has 0 saturated carbocycles. The third-order valence-corrected chi connectivity index (χ3v) is 4.98. The SMILES string of the molecule is Cc1cc(C)cc(NC(=O)c2ccnc(N3CCC4(CC3)OCCO4)n2)c1. The third kappa shape index (κ3) is 3.94. The zero-order valence-corrected chi connectivity index (χ0v) is 15.7. The zero-order chi connectivity index (χ0) is 18.9. The number of ether oxygens (including phenoxy) is 2. The first-order chi connectivity index (χ1) is 13.0. The summed E-state index contributed by atoms with van der Waals surface area (Å²) >= 11 is 0. The lowest BCUT2D eigenvalue weighted by Crippen LogP contribution is -2.45. The van der Waals surface area contributed by atoms with E-state index in [0.717, 1.165) is 42.7 Å². The van der Waals surface area contributed by atoms with E-state index in [9.17, 15) is 4.79 Å². The molecule has 0 radical (unpaired) electrons. The Bertz CT molecular complexity index is 819. The summed E-state index contributed by atoms with van der Waals surface area (Å²) in [7, 11) is 0. The van der Waals surface area contributed by atoms with Crippen molar-refractivity contribution < 1.29 is 14.3 Å². The van der Waals surface area contributed by atoms with Crippen LogP contribution in [0.4, 0.5) is 11.6 Å². The van der Waals surface area contributed by atoms with Crippen LogP contribution in [-0.4, -0.2) is 48.0 Å². The van der Waals surface area contributed by atoms with Crippen molar-refractivity contribution in [2.75, 3.05) is 36.5 Å². The van der Waals surface area contributed by atoms with Crippen molar-refractivity contribution in [2.45, 2.75) is 32.5 Å². The van der Waals surface area contributed by atoms with Gasteiger partial charge in [0.15, 0.2) is 5.79 Å². The molecule has 2 aliphatic rings. The fourth-order valence-electron chi connectivity index (χ4n) is 3.70. The lowest BCUT2D eigenvalue weighted by atomic mass is 10.0. The minimum absolute atomic E-state index is 0.236. The Morgan fingerprint density at radius 2 is 1.78 bits per heavy atom. The minimum atomic E-state index is -0.436. The summed E-state index contributed by atoms with van der Waals surface area (Å²) < 4.78 is 11.5. The van der Waals surface area contributed by atoms with E-state index >= 15 is 0 Å². The van der Waals surface area contributed by atoms with Gasteiger partial charge in [-0.2, -0.15) is 0 Å². The Morgan fingerprint density at radius 3 is 2.44 bits per heavy atom. The molecular weight excluding hydrogens is 344 g/mol. The van der Waals surface area contributed by atoms with Gasteiger partial charge in [-0.05, 0) is 43.2 Å².